The van der Waals surface area contributed by atoms with Gasteiger partial charge in [0.2, 0.25) is 5.91 Å². The molecule has 1 aliphatic rings. The van der Waals surface area contributed by atoms with Gasteiger partial charge in [-0.3, -0.25) is 14.4 Å². The van der Waals surface area contributed by atoms with Gasteiger partial charge < -0.3 is 19.7 Å². The number of carbonyl (C=O) groups excluding carboxylic acids is 4. The van der Waals surface area contributed by atoms with Crippen LogP contribution in [0.25, 0.3) is 0 Å². The number of rotatable bonds is 7. The molecule has 8 nitrogen and oxygen atoms in total. The summed E-state index contributed by atoms with van der Waals surface area (Å²) in [7, 11) is 0. The van der Waals surface area contributed by atoms with Crippen LogP contribution in [0.4, 0.5) is 11.4 Å². The lowest BCUT2D eigenvalue weighted by atomic mass is 10.1. The Balaban J connectivity index is 1.54. The number of hydrogen-bond acceptors (Lipinski definition) is 6. The molecule has 168 valence electrons. The first-order valence-corrected chi connectivity index (χ1v) is 10.4. The Kier molecular flexibility index (Phi) is 7.25. The summed E-state index contributed by atoms with van der Waals surface area (Å²) in [5.74, 6) is -2.37. The molecular formula is C24H26N2O6. The number of aryl methyl sites for hydroxylation is 2. The Morgan fingerprint density at radius 3 is 2.47 bits per heavy atom. The van der Waals surface area contributed by atoms with Crippen molar-refractivity contribution >= 4 is 35.1 Å². The van der Waals surface area contributed by atoms with Crippen LogP contribution in [0.5, 0.6) is 0 Å². The van der Waals surface area contributed by atoms with Crippen LogP contribution in [0.2, 0.25) is 0 Å². The zero-order chi connectivity index (χ0) is 23.3. The van der Waals surface area contributed by atoms with E-state index in [1.165, 1.54) is 4.90 Å². The van der Waals surface area contributed by atoms with Gasteiger partial charge in [0.25, 0.3) is 5.91 Å². The lowest BCUT2D eigenvalue weighted by Crippen LogP contribution is -2.28. The van der Waals surface area contributed by atoms with Crippen LogP contribution in [-0.4, -0.2) is 43.5 Å². The van der Waals surface area contributed by atoms with Crippen molar-refractivity contribution < 1.29 is 28.7 Å². The zero-order valence-electron chi connectivity index (χ0n) is 18.3. The summed E-state index contributed by atoms with van der Waals surface area (Å²) in [4.78, 5) is 50.2. The minimum atomic E-state index is -0.666. The second-order valence-electron chi connectivity index (χ2n) is 7.65. The van der Waals surface area contributed by atoms with E-state index in [0.717, 1.165) is 11.1 Å². The van der Waals surface area contributed by atoms with E-state index in [4.69, 9.17) is 9.47 Å². The number of carbonyl (C=O) groups is 4. The number of amides is 2. The summed E-state index contributed by atoms with van der Waals surface area (Å²) in [5, 5.41) is 2.73. The molecular weight excluding hydrogens is 412 g/mol. The number of ether oxygens (including phenoxy) is 2. The Labute approximate surface area is 186 Å². The molecule has 1 heterocycles. The third-order valence-corrected chi connectivity index (χ3v) is 5.16. The molecule has 3 rings (SSSR count). The van der Waals surface area contributed by atoms with Crippen LogP contribution in [0.15, 0.2) is 42.5 Å². The molecule has 0 unspecified atom stereocenters. The van der Waals surface area contributed by atoms with Crippen molar-refractivity contribution in [2.75, 3.05) is 30.0 Å². The van der Waals surface area contributed by atoms with E-state index >= 15 is 0 Å². The van der Waals surface area contributed by atoms with E-state index < -0.39 is 30.4 Å². The first-order valence-electron chi connectivity index (χ1n) is 10.4. The zero-order valence-corrected chi connectivity index (χ0v) is 18.3. The lowest BCUT2D eigenvalue weighted by molar-refractivity contribution is -0.151. The van der Waals surface area contributed by atoms with Crippen LogP contribution < -0.4 is 10.2 Å². The fourth-order valence-electron chi connectivity index (χ4n) is 3.42. The third kappa shape index (κ3) is 5.51. The van der Waals surface area contributed by atoms with E-state index in [-0.39, 0.29) is 25.5 Å². The van der Waals surface area contributed by atoms with Crippen LogP contribution in [0.1, 0.15) is 34.8 Å². The quantitative estimate of drug-likeness (QED) is 0.667. The molecule has 0 aliphatic carbocycles. The highest BCUT2D eigenvalue weighted by molar-refractivity contribution is 6.00. The molecule has 32 heavy (non-hydrogen) atoms. The average Bonchev–Trinajstić information content (AvgIpc) is 3.16. The lowest BCUT2D eigenvalue weighted by Gasteiger charge is -2.17. The van der Waals surface area contributed by atoms with Gasteiger partial charge in [-0.2, -0.15) is 0 Å². The molecule has 0 aromatic heterocycles. The van der Waals surface area contributed by atoms with E-state index in [2.05, 4.69) is 5.32 Å². The van der Waals surface area contributed by atoms with Gasteiger partial charge >= 0.3 is 11.9 Å². The van der Waals surface area contributed by atoms with Gasteiger partial charge in [-0.05, 0) is 62.2 Å². The second-order valence-corrected chi connectivity index (χ2v) is 7.65. The Hall–Kier alpha value is -3.68. The monoisotopic (exact) mass is 438 g/mol. The van der Waals surface area contributed by atoms with Crippen molar-refractivity contribution in [2.24, 2.45) is 5.92 Å². The molecule has 2 amide bonds. The van der Waals surface area contributed by atoms with Gasteiger partial charge in [-0.1, -0.05) is 12.1 Å². The first-order chi connectivity index (χ1) is 15.3. The predicted octanol–water partition coefficient (Wildman–Crippen LogP) is 3.01. The molecule has 1 fully saturated rings. The van der Waals surface area contributed by atoms with Crippen molar-refractivity contribution in [3.8, 4) is 0 Å². The number of hydrogen-bond donors (Lipinski definition) is 1. The van der Waals surface area contributed by atoms with Crippen LogP contribution in [0.3, 0.4) is 0 Å². The summed E-state index contributed by atoms with van der Waals surface area (Å²) < 4.78 is 10.1. The fourth-order valence-corrected chi connectivity index (χ4v) is 3.42. The van der Waals surface area contributed by atoms with Gasteiger partial charge in [-0.15, -0.1) is 0 Å². The molecule has 2 aromatic carbocycles. The maximum Gasteiger partial charge on any atom is 0.338 e. The van der Waals surface area contributed by atoms with Crippen LogP contribution in [-0.2, 0) is 23.9 Å². The summed E-state index contributed by atoms with van der Waals surface area (Å²) in [5.41, 5.74) is 3.53. The predicted molar refractivity (Wildman–Crippen MR) is 118 cm³/mol. The molecule has 1 aliphatic heterocycles. The summed E-state index contributed by atoms with van der Waals surface area (Å²) in [6.07, 6.45) is -0.00291. The second kappa shape index (κ2) is 10.1. The average molecular weight is 438 g/mol. The number of anilines is 2. The standard InChI is InChI=1S/C24H26N2O6/c1-4-31-23(29)17-7-9-19(10-8-17)26-13-18(12-22(26)28)24(30)32-14-21(27)25-20-11-15(2)5-6-16(20)3/h5-11,18H,4,12-14H2,1-3H3,(H,25,27)/t18-/m1/s1. The van der Waals surface area contributed by atoms with E-state index in [1.54, 1.807) is 31.2 Å². The summed E-state index contributed by atoms with van der Waals surface area (Å²) in [6.45, 7) is 5.51. The molecule has 0 saturated carbocycles. The summed E-state index contributed by atoms with van der Waals surface area (Å²) in [6, 6.07) is 12.1. The Morgan fingerprint density at radius 1 is 1.06 bits per heavy atom. The Bertz CT molecular complexity index is 1030. The van der Waals surface area contributed by atoms with E-state index in [0.29, 0.717) is 16.9 Å². The highest BCUT2D eigenvalue weighted by Crippen LogP contribution is 2.26. The normalized spacial score (nSPS) is 15.4. The maximum atomic E-state index is 12.4. The van der Waals surface area contributed by atoms with E-state index in [1.807, 2.05) is 32.0 Å². The molecule has 0 spiro atoms. The van der Waals surface area contributed by atoms with Crippen molar-refractivity contribution in [3.05, 3.63) is 59.2 Å². The topological polar surface area (TPSA) is 102 Å². The highest BCUT2D eigenvalue weighted by atomic mass is 16.5. The maximum absolute atomic E-state index is 12.4. The molecule has 1 saturated heterocycles. The van der Waals surface area contributed by atoms with Crippen molar-refractivity contribution in [3.63, 3.8) is 0 Å². The van der Waals surface area contributed by atoms with Crippen molar-refractivity contribution in [1.82, 2.24) is 0 Å². The van der Waals surface area contributed by atoms with Crippen molar-refractivity contribution in [2.45, 2.75) is 27.2 Å². The molecule has 0 bridgehead atoms. The first kappa shape index (κ1) is 23.0. The van der Waals surface area contributed by atoms with Crippen LogP contribution in [0, 0.1) is 19.8 Å². The van der Waals surface area contributed by atoms with Crippen molar-refractivity contribution in [1.29, 1.82) is 0 Å². The number of nitrogens with zero attached hydrogens (tertiary/aromatic N) is 1. The molecule has 2 aromatic rings. The van der Waals surface area contributed by atoms with Gasteiger partial charge in [0.15, 0.2) is 6.61 Å². The minimum absolute atomic E-state index is 0.00291. The molecule has 1 N–H and O–H groups in total. The van der Waals surface area contributed by atoms with E-state index in [9.17, 15) is 19.2 Å². The smallest absolute Gasteiger partial charge is 0.338 e. The molecule has 8 heteroatoms. The van der Waals surface area contributed by atoms with Gasteiger partial charge in [0.05, 0.1) is 18.1 Å². The SMILES string of the molecule is CCOC(=O)c1ccc(N2C[C@H](C(=O)OCC(=O)Nc3cc(C)ccc3C)CC2=O)cc1. The molecule has 1 atom stereocenters. The Morgan fingerprint density at radius 2 is 1.78 bits per heavy atom. The third-order valence-electron chi connectivity index (χ3n) is 5.16. The molecule has 0 radical (unpaired) electrons. The minimum Gasteiger partial charge on any atom is -0.462 e. The van der Waals surface area contributed by atoms with Gasteiger partial charge in [0, 0.05) is 24.3 Å². The fraction of sp³-hybridized carbons (Fsp3) is 0.333. The largest absolute Gasteiger partial charge is 0.462 e. The van der Waals surface area contributed by atoms with Crippen LogP contribution >= 0.6 is 0 Å². The summed E-state index contributed by atoms with van der Waals surface area (Å²) >= 11 is 0. The van der Waals surface area contributed by atoms with Gasteiger partial charge in [0.1, 0.15) is 0 Å². The number of esters is 2. The number of nitrogens with one attached hydrogen (secondary N) is 1. The van der Waals surface area contributed by atoms with Gasteiger partial charge in [-0.25, -0.2) is 4.79 Å². The number of benzene rings is 2. The highest BCUT2D eigenvalue weighted by Gasteiger charge is 2.36.